The maximum Gasteiger partial charge on any atom is 0.220 e. The van der Waals surface area contributed by atoms with E-state index in [0.29, 0.717) is 18.9 Å². The highest BCUT2D eigenvalue weighted by Gasteiger charge is 2.15. The Kier molecular flexibility index (Phi) is 9.57. The molecule has 4 nitrogen and oxygen atoms in total. The lowest BCUT2D eigenvalue weighted by Gasteiger charge is -2.08. The molecule has 1 unspecified atom stereocenters. The monoisotopic (exact) mass is 305 g/mol. The third kappa shape index (κ3) is 6.76. The van der Waals surface area contributed by atoms with Gasteiger partial charge in [-0.05, 0) is 49.5 Å². The van der Waals surface area contributed by atoms with E-state index in [0.717, 1.165) is 25.1 Å². The van der Waals surface area contributed by atoms with Gasteiger partial charge in [0.15, 0.2) is 0 Å². The van der Waals surface area contributed by atoms with Gasteiger partial charge in [-0.2, -0.15) is 0 Å². The molecule has 0 spiro atoms. The first-order chi connectivity index (χ1) is 8.34. The molecule has 1 aromatic rings. The van der Waals surface area contributed by atoms with Crippen molar-refractivity contribution < 1.29 is 4.79 Å². The van der Waals surface area contributed by atoms with Crippen molar-refractivity contribution in [1.29, 1.82) is 0 Å². The van der Waals surface area contributed by atoms with Crippen LogP contribution in [0.5, 0.6) is 0 Å². The molecule has 108 valence electrons. The van der Waals surface area contributed by atoms with E-state index < -0.39 is 0 Å². The van der Waals surface area contributed by atoms with Crippen molar-refractivity contribution in [3.05, 3.63) is 30.1 Å². The van der Waals surface area contributed by atoms with Crippen molar-refractivity contribution in [3.8, 4) is 0 Å². The third-order valence-electron chi connectivity index (χ3n) is 3.18. The molecule has 1 aliphatic heterocycles. The highest BCUT2D eigenvalue weighted by atomic mass is 35.5. The third-order valence-corrected chi connectivity index (χ3v) is 3.18. The van der Waals surface area contributed by atoms with Crippen LogP contribution in [0.25, 0.3) is 0 Å². The summed E-state index contributed by atoms with van der Waals surface area (Å²) in [4.78, 5) is 15.6. The van der Waals surface area contributed by atoms with E-state index in [4.69, 9.17) is 0 Å². The number of pyridine rings is 1. The van der Waals surface area contributed by atoms with Crippen molar-refractivity contribution in [3.63, 3.8) is 0 Å². The summed E-state index contributed by atoms with van der Waals surface area (Å²) in [5.41, 5.74) is 1.09. The summed E-state index contributed by atoms with van der Waals surface area (Å²) in [6, 6.07) is 3.84. The zero-order valence-electron chi connectivity index (χ0n) is 10.8. The fraction of sp³-hybridized carbons (Fsp3) is 0.538. The van der Waals surface area contributed by atoms with Gasteiger partial charge in [0.05, 0.1) is 0 Å². The first kappa shape index (κ1) is 18.2. The normalized spacial score (nSPS) is 17.2. The van der Waals surface area contributed by atoms with E-state index in [-0.39, 0.29) is 30.7 Å². The standard InChI is InChI=1S/C13H19N3O.2ClH/c17-13(2-1-11-5-8-15-9-11)16-10-12-3-6-14-7-4-12;;/h3-4,6-7,11,15H,1-2,5,8-10H2,(H,16,17);2*1H. The quantitative estimate of drug-likeness (QED) is 0.874. The number of carbonyl (C=O) groups excluding carboxylic acids is 1. The Morgan fingerprint density at radius 1 is 1.37 bits per heavy atom. The highest BCUT2D eigenvalue weighted by Crippen LogP contribution is 2.13. The van der Waals surface area contributed by atoms with Gasteiger partial charge >= 0.3 is 0 Å². The lowest BCUT2D eigenvalue weighted by Crippen LogP contribution is -2.23. The molecule has 0 bridgehead atoms. The van der Waals surface area contributed by atoms with Crippen LogP contribution in [0.15, 0.2) is 24.5 Å². The number of aromatic nitrogens is 1. The zero-order valence-corrected chi connectivity index (χ0v) is 12.4. The molecule has 1 aliphatic rings. The number of hydrogen-bond donors (Lipinski definition) is 2. The summed E-state index contributed by atoms with van der Waals surface area (Å²) in [5.74, 6) is 0.829. The molecule has 0 aromatic carbocycles. The van der Waals surface area contributed by atoms with Crippen LogP contribution in [0.3, 0.4) is 0 Å². The number of nitrogens with one attached hydrogen (secondary N) is 2. The summed E-state index contributed by atoms with van der Waals surface area (Å²) in [5, 5.41) is 6.25. The van der Waals surface area contributed by atoms with Crippen molar-refractivity contribution in [1.82, 2.24) is 15.6 Å². The Hall–Kier alpha value is -0.840. The Bertz CT molecular complexity index is 356. The van der Waals surface area contributed by atoms with Crippen LogP contribution in [0, 0.1) is 5.92 Å². The Morgan fingerprint density at radius 3 is 2.74 bits per heavy atom. The van der Waals surface area contributed by atoms with Crippen molar-refractivity contribution >= 4 is 30.7 Å². The number of halogens is 2. The topological polar surface area (TPSA) is 54.0 Å². The van der Waals surface area contributed by atoms with Gasteiger partial charge < -0.3 is 10.6 Å². The highest BCUT2D eigenvalue weighted by molar-refractivity contribution is 5.85. The molecule has 1 atom stereocenters. The fourth-order valence-electron chi connectivity index (χ4n) is 2.09. The average molecular weight is 306 g/mol. The number of hydrogen-bond acceptors (Lipinski definition) is 3. The van der Waals surface area contributed by atoms with E-state index in [1.54, 1.807) is 12.4 Å². The molecule has 0 radical (unpaired) electrons. The van der Waals surface area contributed by atoms with Crippen LogP contribution in [0.2, 0.25) is 0 Å². The van der Waals surface area contributed by atoms with Gasteiger partial charge in [-0.1, -0.05) is 0 Å². The van der Waals surface area contributed by atoms with Crippen LogP contribution in [-0.4, -0.2) is 24.0 Å². The Morgan fingerprint density at radius 2 is 2.11 bits per heavy atom. The Labute approximate surface area is 126 Å². The SMILES string of the molecule is Cl.Cl.O=C(CCC1CCNC1)NCc1ccncc1. The summed E-state index contributed by atoms with van der Waals surface area (Å²) < 4.78 is 0. The minimum absolute atomic E-state index is 0. The maximum atomic E-state index is 11.6. The summed E-state index contributed by atoms with van der Waals surface area (Å²) >= 11 is 0. The van der Waals surface area contributed by atoms with Crippen LogP contribution in [0.1, 0.15) is 24.8 Å². The van der Waals surface area contributed by atoms with Gasteiger partial charge in [0.2, 0.25) is 5.91 Å². The second kappa shape index (κ2) is 10.0. The van der Waals surface area contributed by atoms with E-state index >= 15 is 0 Å². The maximum absolute atomic E-state index is 11.6. The molecule has 2 rings (SSSR count). The van der Waals surface area contributed by atoms with E-state index in [9.17, 15) is 4.79 Å². The largest absolute Gasteiger partial charge is 0.352 e. The summed E-state index contributed by atoms with van der Waals surface area (Å²) in [7, 11) is 0. The number of amides is 1. The molecule has 19 heavy (non-hydrogen) atoms. The molecule has 1 amide bonds. The molecule has 0 aliphatic carbocycles. The average Bonchev–Trinajstić information content (AvgIpc) is 2.88. The molecule has 0 saturated carbocycles. The molecule has 2 N–H and O–H groups in total. The molecular weight excluding hydrogens is 285 g/mol. The lowest BCUT2D eigenvalue weighted by atomic mass is 10.0. The van der Waals surface area contributed by atoms with E-state index in [2.05, 4.69) is 15.6 Å². The molecular formula is C13H21Cl2N3O. The van der Waals surface area contributed by atoms with E-state index in [1.165, 1.54) is 6.42 Å². The van der Waals surface area contributed by atoms with Gasteiger partial charge in [0, 0.05) is 25.4 Å². The first-order valence-corrected chi connectivity index (χ1v) is 6.21. The van der Waals surface area contributed by atoms with Gasteiger partial charge in [-0.3, -0.25) is 9.78 Å². The van der Waals surface area contributed by atoms with Crippen LogP contribution >= 0.6 is 24.8 Å². The minimum atomic E-state index is 0. The van der Waals surface area contributed by atoms with Crippen molar-refractivity contribution in [2.45, 2.75) is 25.8 Å². The Balaban J connectivity index is 0.00000162. The van der Waals surface area contributed by atoms with Crippen molar-refractivity contribution in [2.75, 3.05) is 13.1 Å². The van der Waals surface area contributed by atoms with Gasteiger partial charge in [-0.15, -0.1) is 24.8 Å². The lowest BCUT2D eigenvalue weighted by molar-refractivity contribution is -0.121. The van der Waals surface area contributed by atoms with Crippen LogP contribution in [0.4, 0.5) is 0 Å². The number of nitrogens with zero attached hydrogens (tertiary/aromatic N) is 1. The summed E-state index contributed by atoms with van der Waals surface area (Å²) in [6.07, 6.45) is 6.32. The summed E-state index contributed by atoms with van der Waals surface area (Å²) in [6.45, 7) is 2.77. The molecule has 6 heteroatoms. The van der Waals surface area contributed by atoms with E-state index in [1.807, 2.05) is 12.1 Å². The first-order valence-electron chi connectivity index (χ1n) is 6.21. The number of rotatable bonds is 5. The van der Waals surface area contributed by atoms with Gasteiger partial charge in [0.1, 0.15) is 0 Å². The molecule has 1 fully saturated rings. The second-order valence-corrected chi connectivity index (χ2v) is 4.53. The fourth-order valence-corrected chi connectivity index (χ4v) is 2.09. The molecule has 1 saturated heterocycles. The molecule has 1 aromatic heterocycles. The van der Waals surface area contributed by atoms with Gasteiger partial charge in [-0.25, -0.2) is 0 Å². The predicted molar refractivity (Wildman–Crippen MR) is 80.8 cm³/mol. The van der Waals surface area contributed by atoms with Crippen LogP contribution in [-0.2, 0) is 11.3 Å². The van der Waals surface area contributed by atoms with Gasteiger partial charge in [0.25, 0.3) is 0 Å². The van der Waals surface area contributed by atoms with Crippen molar-refractivity contribution in [2.24, 2.45) is 5.92 Å². The smallest absolute Gasteiger partial charge is 0.220 e. The minimum Gasteiger partial charge on any atom is -0.352 e. The second-order valence-electron chi connectivity index (χ2n) is 4.53. The predicted octanol–water partition coefficient (Wildman–Crippen LogP) is 1.93. The molecule has 2 heterocycles. The zero-order chi connectivity index (χ0) is 11.9. The number of carbonyl (C=O) groups is 1. The van der Waals surface area contributed by atoms with Crippen LogP contribution < -0.4 is 10.6 Å².